The number of fused-ring (bicyclic) bond motifs is 1. The zero-order chi connectivity index (χ0) is 15.3. The van der Waals surface area contributed by atoms with Crippen molar-refractivity contribution >= 4 is 11.5 Å². The molecular weight excluding hydrogens is 262 g/mol. The molecule has 2 aliphatic rings. The van der Waals surface area contributed by atoms with Gasteiger partial charge in [-0.2, -0.15) is 0 Å². The number of anilines is 1. The third-order valence-electron chi connectivity index (χ3n) is 4.75. The van der Waals surface area contributed by atoms with Crippen LogP contribution < -0.4 is 5.32 Å². The van der Waals surface area contributed by atoms with Gasteiger partial charge < -0.3 is 10.1 Å². The molecule has 0 bridgehead atoms. The number of ketones is 1. The molecule has 0 aliphatic carbocycles. The minimum absolute atomic E-state index is 0.0686. The highest BCUT2D eigenvalue weighted by Gasteiger charge is 2.49. The summed E-state index contributed by atoms with van der Waals surface area (Å²) in [6.07, 6.45) is 2.87. The average Bonchev–Trinajstić information content (AvgIpc) is 2.65. The molecule has 3 heteroatoms. The Morgan fingerprint density at radius 3 is 2.71 bits per heavy atom. The predicted octanol–water partition coefficient (Wildman–Crippen LogP) is 3.82. The second-order valence-corrected chi connectivity index (χ2v) is 7.45. The van der Waals surface area contributed by atoms with Gasteiger partial charge in [0.05, 0.1) is 17.1 Å². The van der Waals surface area contributed by atoms with Crippen molar-refractivity contribution in [2.24, 2.45) is 5.92 Å². The van der Waals surface area contributed by atoms with Crippen molar-refractivity contribution in [3.8, 4) is 0 Å². The zero-order valence-corrected chi connectivity index (χ0v) is 13.5. The molecule has 1 unspecified atom stereocenters. The van der Waals surface area contributed by atoms with Crippen LogP contribution in [0.1, 0.15) is 56.5 Å². The number of rotatable bonds is 2. The lowest BCUT2D eigenvalue weighted by atomic mass is 9.80. The maximum atomic E-state index is 13.1. The molecule has 0 aromatic heterocycles. The summed E-state index contributed by atoms with van der Waals surface area (Å²) in [7, 11) is 0. The Morgan fingerprint density at radius 1 is 1.29 bits per heavy atom. The van der Waals surface area contributed by atoms with E-state index in [2.05, 4.69) is 25.2 Å². The van der Waals surface area contributed by atoms with Gasteiger partial charge in [0, 0.05) is 17.8 Å². The molecule has 3 nitrogen and oxygen atoms in total. The van der Waals surface area contributed by atoms with E-state index in [-0.39, 0.29) is 17.3 Å². The number of ether oxygens (including phenoxy) is 1. The summed E-state index contributed by atoms with van der Waals surface area (Å²) in [5, 5.41) is 3.40. The quantitative estimate of drug-likeness (QED) is 0.840. The van der Waals surface area contributed by atoms with Gasteiger partial charge in [0.2, 0.25) is 0 Å². The summed E-state index contributed by atoms with van der Waals surface area (Å²) in [4.78, 5) is 13.1. The van der Waals surface area contributed by atoms with Gasteiger partial charge in [-0.1, -0.05) is 12.1 Å². The van der Waals surface area contributed by atoms with Crippen molar-refractivity contribution in [3.63, 3.8) is 0 Å². The van der Waals surface area contributed by atoms with Gasteiger partial charge in [-0.05, 0) is 58.6 Å². The molecule has 1 aromatic rings. The maximum Gasteiger partial charge on any atom is 0.169 e. The number of carbonyl (C=O) groups is 1. The van der Waals surface area contributed by atoms with Crippen LogP contribution in [0.3, 0.4) is 0 Å². The van der Waals surface area contributed by atoms with Crippen LogP contribution in [0, 0.1) is 5.92 Å². The van der Waals surface area contributed by atoms with Crippen molar-refractivity contribution in [1.82, 2.24) is 0 Å². The van der Waals surface area contributed by atoms with Crippen molar-refractivity contribution in [2.75, 3.05) is 11.9 Å². The fourth-order valence-corrected chi connectivity index (χ4v) is 3.90. The van der Waals surface area contributed by atoms with Crippen LogP contribution in [0.2, 0.25) is 0 Å². The van der Waals surface area contributed by atoms with Gasteiger partial charge in [-0.15, -0.1) is 0 Å². The van der Waals surface area contributed by atoms with Crippen LogP contribution in [0.4, 0.5) is 5.69 Å². The summed E-state index contributed by atoms with van der Waals surface area (Å²) in [5.74, 6) is 0.173. The summed E-state index contributed by atoms with van der Waals surface area (Å²) >= 11 is 0. The topological polar surface area (TPSA) is 38.3 Å². The normalized spacial score (nSPS) is 26.0. The first-order chi connectivity index (χ1) is 9.80. The first-order valence-electron chi connectivity index (χ1n) is 7.90. The number of hydrogen-bond acceptors (Lipinski definition) is 3. The Balaban J connectivity index is 1.96. The van der Waals surface area contributed by atoms with E-state index in [1.165, 1.54) is 5.56 Å². The minimum Gasteiger partial charge on any atom is -0.385 e. The zero-order valence-electron chi connectivity index (χ0n) is 13.5. The van der Waals surface area contributed by atoms with Crippen molar-refractivity contribution in [3.05, 3.63) is 29.3 Å². The van der Waals surface area contributed by atoms with Gasteiger partial charge in [0.1, 0.15) is 0 Å². The molecule has 1 saturated heterocycles. The van der Waals surface area contributed by atoms with Crippen LogP contribution in [0.25, 0.3) is 0 Å². The first kappa shape index (κ1) is 14.6. The number of nitrogens with one attached hydrogen (secondary N) is 1. The lowest BCUT2D eigenvalue weighted by molar-refractivity contribution is -0.0712. The minimum atomic E-state index is -0.397. The number of Topliss-reactive ketones (excluding diaryl/α,β-unsaturated/α-hetero) is 1. The largest absolute Gasteiger partial charge is 0.385 e. The third kappa shape index (κ3) is 2.59. The molecule has 2 heterocycles. The highest BCUT2D eigenvalue weighted by Crippen LogP contribution is 2.44. The predicted molar refractivity (Wildman–Crippen MR) is 84.9 cm³/mol. The van der Waals surface area contributed by atoms with Gasteiger partial charge in [0.15, 0.2) is 5.78 Å². The summed E-state index contributed by atoms with van der Waals surface area (Å²) in [6.45, 7) is 9.22. The molecule has 3 rings (SSSR count). The van der Waals surface area contributed by atoms with Crippen LogP contribution >= 0.6 is 0 Å². The molecule has 0 amide bonds. The van der Waals surface area contributed by atoms with Gasteiger partial charge in [0.25, 0.3) is 0 Å². The molecular formula is C18H25NO2. The second kappa shape index (κ2) is 4.84. The van der Waals surface area contributed by atoms with Crippen LogP contribution in [0.5, 0.6) is 0 Å². The summed E-state index contributed by atoms with van der Waals surface area (Å²) in [5.41, 5.74) is 2.58. The molecule has 0 radical (unpaired) electrons. The Hall–Kier alpha value is -1.35. The molecule has 1 aromatic carbocycles. The van der Waals surface area contributed by atoms with Crippen molar-refractivity contribution in [1.29, 1.82) is 0 Å². The van der Waals surface area contributed by atoms with Crippen molar-refractivity contribution < 1.29 is 9.53 Å². The SMILES string of the molecule is CC1(C)CC(C(=O)c2cccc3c2CCCN3)C(C)(C)O1. The lowest BCUT2D eigenvalue weighted by Crippen LogP contribution is -2.34. The Kier molecular flexibility index (Phi) is 3.36. The molecule has 21 heavy (non-hydrogen) atoms. The van der Waals surface area contributed by atoms with E-state index >= 15 is 0 Å². The van der Waals surface area contributed by atoms with E-state index in [1.54, 1.807) is 0 Å². The lowest BCUT2D eigenvalue weighted by Gasteiger charge is -2.28. The van der Waals surface area contributed by atoms with E-state index < -0.39 is 5.60 Å². The maximum absolute atomic E-state index is 13.1. The summed E-state index contributed by atoms with van der Waals surface area (Å²) < 4.78 is 6.10. The van der Waals surface area contributed by atoms with E-state index in [4.69, 9.17) is 4.74 Å². The Morgan fingerprint density at radius 2 is 2.05 bits per heavy atom. The van der Waals surface area contributed by atoms with Gasteiger partial charge in [-0.3, -0.25) is 4.79 Å². The first-order valence-corrected chi connectivity index (χ1v) is 7.90. The number of benzene rings is 1. The van der Waals surface area contributed by atoms with E-state index in [9.17, 15) is 4.79 Å². The highest BCUT2D eigenvalue weighted by molar-refractivity contribution is 6.01. The average molecular weight is 287 g/mol. The molecule has 1 fully saturated rings. The standard InChI is InChI=1S/C18H25NO2/c1-17(2)11-14(18(3,4)21-17)16(20)13-7-5-9-15-12(13)8-6-10-19-15/h5,7,9,14,19H,6,8,10-11H2,1-4H3. The van der Waals surface area contributed by atoms with Crippen LogP contribution in [-0.2, 0) is 11.2 Å². The Bertz CT molecular complexity index is 575. The molecule has 1 N–H and O–H groups in total. The Labute approximate surface area is 127 Å². The molecule has 114 valence electrons. The van der Waals surface area contributed by atoms with E-state index in [0.29, 0.717) is 0 Å². The second-order valence-electron chi connectivity index (χ2n) is 7.45. The molecule has 1 atom stereocenters. The van der Waals surface area contributed by atoms with Gasteiger partial charge in [-0.25, -0.2) is 0 Å². The molecule has 0 saturated carbocycles. The fraction of sp³-hybridized carbons (Fsp3) is 0.611. The van der Waals surface area contributed by atoms with Crippen LogP contribution in [-0.4, -0.2) is 23.5 Å². The van der Waals surface area contributed by atoms with E-state index in [0.717, 1.165) is 37.1 Å². The highest BCUT2D eigenvalue weighted by atomic mass is 16.5. The van der Waals surface area contributed by atoms with Crippen LogP contribution in [0.15, 0.2) is 18.2 Å². The molecule has 2 aliphatic heterocycles. The van der Waals surface area contributed by atoms with Crippen molar-refractivity contribution in [2.45, 2.75) is 58.2 Å². The fourth-order valence-electron chi connectivity index (χ4n) is 3.90. The van der Waals surface area contributed by atoms with E-state index in [1.807, 2.05) is 26.0 Å². The third-order valence-corrected chi connectivity index (χ3v) is 4.75. The number of hydrogen-bond donors (Lipinski definition) is 1. The monoisotopic (exact) mass is 287 g/mol. The number of carbonyl (C=O) groups excluding carboxylic acids is 1. The smallest absolute Gasteiger partial charge is 0.169 e. The molecule has 0 spiro atoms. The summed E-state index contributed by atoms with van der Waals surface area (Å²) in [6, 6.07) is 6.04. The van der Waals surface area contributed by atoms with Gasteiger partial charge >= 0.3 is 0 Å².